The van der Waals surface area contributed by atoms with Crippen molar-refractivity contribution in [2.45, 2.75) is 51.7 Å². The fourth-order valence-corrected chi connectivity index (χ4v) is 5.34. The summed E-state index contributed by atoms with van der Waals surface area (Å²) in [5, 5.41) is 20.5. The van der Waals surface area contributed by atoms with Gasteiger partial charge in [-0.1, -0.05) is 18.2 Å². The third kappa shape index (κ3) is 4.85. The molecule has 0 saturated heterocycles. The molecule has 1 fully saturated rings. The van der Waals surface area contributed by atoms with E-state index in [-0.39, 0.29) is 23.2 Å². The first kappa shape index (κ1) is 26.3. The normalized spacial score (nSPS) is 13.2. The molecule has 41 heavy (non-hydrogen) atoms. The van der Waals surface area contributed by atoms with Crippen molar-refractivity contribution >= 4 is 16.7 Å². The molecule has 0 atom stereocenters. The van der Waals surface area contributed by atoms with Gasteiger partial charge in [-0.2, -0.15) is 15.2 Å². The Balaban J connectivity index is 1.42. The van der Waals surface area contributed by atoms with E-state index >= 15 is 4.39 Å². The third-order valence-electron chi connectivity index (χ3n) is 7.47. The van der Waals surface area contributed by atoms with Gasteiger partial charge in [-0.25, -0.2) is 9.37 Å². The van der Waals surface area contributed by atoms with Gasteiger partial charge in [0.05, 0.1) is 17.7 Å². The molecule has 10 heteroatoms. The molecule has 0 amide bonds. The topological polar surface area (TPSA) is 136 Å². The van der Waals surface area contributed by atoms with Gasteiger partial charge in [-0.3, -0.25) is 9.36 Å². The van der Waals surface area contributed by atoms with E-state index in [1.807, 2.05) is 30.7 Å². The summed E-state index contributed by atoms with van der Waals surface area (Å²) in [5.74, 6) is 0.431. The maximum Gasteiger partial charge on any atom is 0.265 e. The van der Waals surface area contributed by atoms with Crippen LogP contribution in [-0.2, 0) is 13.0 Å². The van der Waals surface area contributed by atoms with E-state index in [1.54, 1.807) is 36.5 Å². The first-order chi connectivity index (χ1) is 19.8. The highest BCUT2D eigenvalue weighted by Gasteiger charge is 2.25. The molecule has 206 valence electrons. The number of fused-ring (bicyclic) bond motifs is 1. The van der Waals surface area contributed by atoms with E-state index < -0.39 is 18.0 Å². The van der Waals surface area contributed by atoms with Crippen molar-refractivity contribution in [1.29, 1.82) is 5.26 Å². The van der Waals surface area contributed by atoms with Gasteiger partial charge in [0.2, 0.25) is 5.95 Å². The van der Waals surface area contributed by atoms with E-state index in [1.165, 1.54) is 10.6 Å². The van der Waals surface area contributed by atoms with Crippen molar-refractivity contribution in [1.82, 2.24) is 24.1 Å². The molecular formula is C31H28FN7O2. The summed E-state index contributed by atoms with van der Waals surface area (Å²) >= 11 is 0. The molecular weight excluding hydrogens is 521 g/mol. The number of hydrogen-bond acceptors (Lipinski definition) is 7. The minimum atomic E-state index is -0.550. The second-order valence-electron chi connectivity index (χ2n) is 10.7. The van der Waals surface area contributed by atoms with Crippen LogP contribution in [0.4, 0.5) is 10.3 Å². The van der Waals surface area contributed by atoms with Crippen molar-refractivity contribution in [2.75, 3.05) is 5.73 Å². The summed E-state index contributed by atoms with van der Waals surface area (Å²) < 4.78 is 18.4. The zero-order chi connectivity index (χ0) is 28.8. The molecule has 0 aliphatic heterocycles. The van der Waals surface area contributed by atoms with Crippen molar-refractivity contribution in [3.05, 3.63) is 99.2 Å². The van der Waals surface area contributed by atoms with Crippen LogP contribution in [0.5, 0.6) is 0 Å². The fraction of sp³-hybridized carbons (Fsp3) is 0.258. The monoisotopic (exact) mass is 549 g/mol. The Bertz CT molecular complexity index is 1910. The predicted molar refractivity (Wildman–Crippen MR) is 153 cm³/mol. The Morgan fingerprint density at radius 1 is 1.17 bits per heavy atom. The average molecular weight is 550 g/mol. The number of nitriles is 1. The number of nitrogens with two attached hydrogens (primary N) is 1. The highest BCUT2D eigenvalue weighted by molar-refractivity contribution is 5.83. The SMILES string of the molecule is CC(C)n1cc(Cc2nc(N)nc(-c3cccc(-n4ccc5cc(C6CC6)cc(F)c5c4=O)c3CO)n2)cc1C#N. The number of aromatic nitrogens is 5. The Morgan fingerprint density at radius 2 is 1.98 bits per heavy atom. The summed E-state index contributed by atoms with van der Waals surface area (Å²) in [6, 6.07) is 14.3. The lowest BCUT2D eigenvalue weighted by Gasteiger charge is -2.16. The first-order valence-electron chi connectivity index (χ1n) is 13.5. The molecule has 1 aliphatic rings. The standard InChI is InChI=1S/C31H28FN7O2/c1-17(2)39-15-18(10-22(39)14-33)11-27-35-29(37-31(34)36-27)23-4-3-5-26(24(23)16-40)38-9-8-20-12-21(19-6-7-19)13-25(32)28(20)30(38)41/h3-5,8-10,12-13,15,17,19,40H,6-7,11,16H2,1-2H3,(H2,34,35,36,37). The van der Waals surface area contributed by atoms with Gasteiger partial charge < -0.3 is 15.4 Å². The van der Waals surface area contributed by atoms with Crippen LogP contribution >= 0.6 is 0 Å². The Kier molecular flexibility index (Phi) is 6.59. The minimum Gasteiger partial charge on any atom is -0.392 e. The van der Waals surface area contributed by atoms with Crippen molar-refractivity contribution in [3.8, 4) is 23.1 Å². The number of benzene rings is 2. The van der Waals surface area contributed by atoms with Crippen LogP contribution in [0.3, 0.4) is 0 Å². The van der Waals surface area contributed by atoms with Crippen molar-refractivity contribution < 1.29 is 9.50 Å². The number of nitrogen functional groups attached to an aromatic ring is 1. The van der Waals surface area contributed by atoms with Gasteiger partial charge in [0.1, 0.15) is 23.4 Å². The number of pyridine rings is 1. The number of aliphatic hydroxyl groups excluding tert-OH is 1. The number of anilines is 1. The maximum atomic E-state index is 15.2. The Morgan fingerprint density at radius 3 is 2.66 bits per heavy atom. The van der Waals surface area contributed by atoms with Crippen molar-refractivity contribution in [3.63, 3.8) is 0 Å². The van der Waals surface area contributed by atoms with Crippen LogP contribution in [-0.4, -0.2) is 29.2 Å². The molecule has 0 bridgehead atoms. The molecule has 1 saturated carbocycles. The van der Waals surface area contributed by atoms with Gasteiger partial charge in [0.25, 0.3) is 5.56 Å². The third-order valence-corrected chi connectivity index (χ3v) is 7.47. The second-order valence-corrected chi connectivity index (χ2v) is 10.7. The van der Waals surface area contributed by atoms with Crippen LogP contribution in [0.25, 0.3) is 27.8 Å². The quantitative estimate of drug-likeness (QED) is 0.298. The number of aliphatic hydroxyl groups is 1. The Hall–Kier alpha value is -4.88. The lowest BCUT2D eigenvalue weighted by Crippen LogP contribution is -2.20. The number of hydrogen-bond donors (Lipinski definition) is 2. The average Bonchev–Trinajstić information content (AvgIpc) is 3.72. The number of halogens is 1. The molecule has 3 aromatic heterocycles. The molecule has 0 radical (unpaired) electrons. The first-order valence-corrected chi connectivity index (χ1v) is 13.5. The Labute approximate surface area is 235 Å². The lowest BCUT2D eigenvalue weighted by molar-refractivity contribution is 0.282. The van der Waals surface area contributed by atoms with Gasteiger partial charge in [-0.15, -0.1) is 0 Å². The van der Waals surface area contributed by atoms with Gasteiger partial charge in [-0.05, 0) is 73.4 Å². The van der Waals surface area contributed by atoms with Crippen LogP contribution in [0.2, 0.25) is 0 Å². The zero-order valence-electron chi connectivity index (χ0n) is 22.7. The summed E-state index contributed by atoms with van der Waals surface area (Å²) in [5.41, 5.74) is 9.08. The van der Waals surface area contributed by atoms with E-state index in [4.69, 9.17) is 5.73 Å². The molecule has 3 N–H and O–H groups in total. The molecule has 5 aromatic rings. The highest BCUT2D eigenvalue weighted by Crippen LogP contribution is 2.41. The zero-order valence-corrected chi connectivity index (χ0v) is 22.7. The fourth-order valence-electron chi connectivity index (χ4n) is 5.34. The van der Waals surface area contributed by atoms with Gasteiger partial charge in [0, 0.05) is 36.0 Å². The summed E-state index contributed by atoms with van der Waals surface area (Å²) in [6.45, 7) is 3.56. The largest absolute Gasteiger partial charge is 0.392 e. The van der Waals surface area contributed by atoms with Crippen molar-refractivity contribution in [2.24, 2.45) is 0 Å². The van der Waals surface area contributed by atoms with E-state index in [0.717, 1.165) is 24.0 Å². The maximum absolute atomic E-state index is 15.2. The molecule has 9 nitrogen and oxygen atoms in total. The van der Waals surface area contributed by atoms with Gasteiger partial charge in [0.15, 0.2) is 5.82 Å². The van der Waals surface area contributed by atoms with Gasteiger partial charge >= 0.3 is 0 Å². The number of nitrogens with zero attached hydrogens (tertiary/aromatic N) is 6. The van der Waals surface area contributed by atoms with Crippen LogP contribution in [0, 0.1) is 17.1 Å². The summed E-state index contributed by atoms with van der Waals surface area (Å²) in [4.78, 5) is 26.7. The smallest absolute Gasteiger partial charge is 0.265 e. The summed E-state index contributed by atoms with van der Waals surface area (Å²) in [7, 11) is 0. The van der Waals surface area contributed by atoms with E-state index in [2.05, 4.69) is 21.0 Å². The molecule has 3 heterocycles. The molecule has 0 spiro atoms. The van der Waals surface area contributed by atoms with Crippen LogP contribution < -0.4 is 11.3 Å². The van der Waals surface area contributed by atoms with Crippen LogP contribution in [0.15, 0.2) is 59.7 Å². The summed E-state index contributed by atoms with van der Waals surface area (Å²) in [6.07, 6.45) is 5.86. The second kappa shape index (κ2) is 10.3. The molecule has 1 aliphatic carbocycles. The minimum absolute atomic E-state index is 0.000461. The van der Waals surface area contributed by atoms with E-state index in [0.29, 0.717) is 46.1 Å². The molecule has 6 rings (SSSR count). The molecule has 0 unspecified atom stereocenters. The number of rotatable bonds is 7. The predicted octanol–water partition coefficient (Wildman–Crippen LogP) is 4.78. The van der Waals surface area contributed by atoms with Crippen LogP contribution in [0.1, 0.15) is 66.9 Å². The van der Waals surface area contributed by atoms with E-state index in [9.17, 15) is 15.2 Å². The highest BCUT2D eigenvalue weighted by atomic mass is 19.1. The molecule has 2 aromatic carbocycles. The lowest BCUT2D eigenvalue weighted by atomic mass is 10.0.